The van der Waals surface area contributed by atoms with Gasteiger partial charge in [0, 0.05) is 10.6 Å². The molecule has 138 valence electrons. The maximum atomic E-state index is 13.6. The molecule has 0 unspecified atom stereocenters. The molecule has 1 heterocycles. The minimum Gasteiger partial charge on any atom is -0.356 e. The summed E-state index contributed by atoms with van der Waals surface area (Å²) in [7, 11) is 0. The van der Waals surface area contributed by atoms with Crippen molar-refractivity contribution in [3.63, 3.8) is 0 Å². The first-order valence-electron chi connectivity index (χ1n) is 7.09. The Kier molecular flexibility index (Phi) is 4.30. The van der Waals surface area contributed by atoms with Gasteiger partial charge in [-0.1, -0.05) is 29.8 Å². The second kappa shape index (κ2) is 6.08. The Labute approximate surface area is 148 Å². The summed E-state index contributed by atoms with van der Waals surface area (Å²) in [4.78, 5) is 7.89. The number of nitrogens with zero attached hydrogens (tertiary/aromatic N) is 2. The Morgan fingerprint density at radius 3 is 1.88 bits per heavy atom. The van der Waals surface area contributed by atoms with Crippen LogP contribution in [0.2, 0.25) is 5.02 Å². The van der Waals surface area contributed by atoms with Crippen LogP contribution in [0.3, 0.4) is 0 Å². The molecule has 3 nitrogen and oxygen atoms in total. The molecule has 0 N–H and O–H groups in total. The Bertz CT molecular complexity index is 803. The molecule has 0 bridgehead atoms. The number of anilines is 1. The van der Waals surface area contributed by atoms with Crippen molar-refractivity contribution >= 4 is 23.2 Å². The highest BCUT2D eigenvalue weighted by Gasteiger charge is 2.79. The molecule has 0 saturated carbocycles. The van der Waals surface area contributed by atoms with E-state index in [0.29, 0.717) is 0 Å². The zero-order valence-corrected chi connectivity index (χ0v) is 13.4. The largest absolute Gasteiger partial charge is 0.445 e. The van der Waals surface area contributed by atoms with Crippen LogP contribution in [0.25, 0.3) is 0 Å². The van der Waals surface area contributed by atoms with Crippen molar-refractivity contribution in [3.05, 3.63) is 65.2 Å². The minimum absolute atomic E-state index is 0.0780. The molecule has 0 saturated heterocycles. The number of halogens is 7. The van der Waals surface area contributed by atoms with E-state index >= 15 is 0 Å². The Morgan fingerprint density at radius 2 is 1.38 bits per heavy atom. The molecule has 1 aliphatic rings. The Balaban J connectivity index is 2.21. The summed E-state index contributed by atoms with van der Waals surface area (Å²) in [5, 5.41) is -0.0121. The number of para-hydroxylation sites is 1. The van der Waals surface area contributed by atoms with Crippen LogP contribution in [-0.2, 0) is 4.84 Å². The van der Waals surface area contributed by atoms with Gasteiger partial charge in [-0.2, -0.15) is 36.4 Å². The standard InChI is InChI=1S/C16H9ClF6N2O/c17-11-8-6-10(7-9-11)13-24-14(15(18,19)20,16(21,22)23)25(26-13)12-4-2-1-3-5-12/h1-9H. The first-order chi connectivity index (χ1) is 12.1. The van der Waals surface area contributed by atoms with E-state index in [-0.39, 0.29) is 15.6 Å². The number of hydrogen-bond acceptors (Lipinski definition) is 3. The van der Waals surface area contributed by atoms with Crippen molar-refractivity contribution in [2.24, 2.45) is 4.99 Å². The third kappa shape index (κ3) is 2.86. The van der Waals surface area contributed by atoms with E-state index in [9.17, 15) is 26.3 Å². The van der Waals surface area contributed by atoms with E-state index < -0.39 is 29.6 Å². The van der Waals surface area contributed by atoms with Crippen LogP contribution in [0.1, 0.15) is 5.56 Å². The van der Waals surface area contributed by atoms with Crippen molar-refractivity contribution in [3.8, 4) is 0 Å². The predicted octanol–water partition coefficient (Wildman–Crippen LogP) is 5.36. The molecule has 0 aromatic heterocycles. The monoisotopic (exact) mass is 394 g/mol. The molecule has 0 amide bonds. The number of benzene rings is 2. The summed E-state index contributed by atoms with van der Waals surface area (Å²) in [6.45, 7) is 0. The van der Waals surface area contributed by atoms with E-state index in [4.69, 9.17) is 16.4 Å². The topological polar surface area (TPSA) is 24.8 Å². The van der Waals surface area contributed by atoms with Crippen LogP contribution in [0, 0.1) is 0 Å². The zero-order valence-electron chi connectivity index (χ0n) is 12.6. The molecule has 2 aromatic carbocycles. The van der Waals surface area contributed by atoms with Crippen LogP contribution in [0.5, 0.6) is 0 Å². The minimum atomic E-state index is -5.80. The van der Waals surface area contributed by atoms with Gasteiger partial charge in [0.1, 0.15) is 0 Å². The number of hydrogen-bond donors (Lipinski definition) is 0. The van der Waals surface area contributed by atoms with Crippen molar-refractivity contribution in [1.29, 1.82) is 0 Å². The summed E-state index contributed by atoms with van der Waals surface area (Å²) < 4.78 is 81.8. The Hall–Kier alpha value is -2.42. The smallest absolute Gasteiger partial charge is 0.356 e. The van der Waals surface area contributed by atoms with Crippen molar-refractivity contribution in [2.45, 2.75) is 18.0 Å². The number of alkyl halides is 6. The van der Waals surface area contributed by atoms with Gasteiger partial charge in [0.05, 0.1) is 5.69 Å². The summed E-state index contributed by atoms with van der Waals surface area (Å²) in [5.74, 6) is -0.819. The van der Waals surface area contributed by atoms with Gasteiger partial charge in [0.25, 0.3) is 5.90 Å². The lowest BCUT2D eigenvalue weighted by Crippen LogP contribution is -2.64. The summed E-state index contributed by atoms with van der Waals surface area (Å²) in [5.41, 5.74) is -5.10. The van der Waals surface area contributed by atoms with Crippen molar-refractivity contribution < 1.29 is 31.2 Å². The highest BCUT2D eigenvalue weighted by molar-refractivity contribution is 6.30. The molecule has 26 heavy (non-hydrogen) atoms. The number of rotatable bonds is 2. The predicted molar refractivity (Wildman–Crippen MR) is 82.8 cm³/mol. The van der Waals surface area contributed by atoms with Crippen LogP contribution in [0.15, 0.2) is 59.6 Å². The molecule has 0 aliphatic carbocycles. The summed E-state index contributed by atoms with van der Waals surface area (Å²) in [6.07, 6.45) is -11.6. The fourth-order valence-electron chi connectivity index (χ4n) is 2.40. The molecule has 0 fully saturated rings. The lowest BCUT2D eigenvalue weighted by molar-refractivity contribution is -0.301. The molecule has 3 rings (SSSR count). The van der Waals surface area contributed by atoms with Gasteiger partial charge in [-0.05, 0) is 36.4 Å². The van der Waals surface area contributed by atoms with Crippen LogP contribution in [-0.4, -0.2) is 23.9 Å². The lowest BCUT2D eigenvalue weighted by atomic mass is 10.1. The normalized spacial score (nSPS) is 17.0. The lowest BCUT2D eigenvalue weighted by Gasteiger charge is -2.37. The van der Waals surface area contributed by atoms with Crippen molar-refractivity contribution in [2.75, 3.05) is 5.06 Å². The summed E-state index contributed by atoms with van der Waals surface area (Å²) >= 11 is 5.69. The summed E-state index contributed by atoms with van der Waals surface area (Å²) in [6, 6.07) is 11.2. The molecular weight excluding hydrogens is 386 g/mol. The fourth-order valence-corrected chi connectivity index (χ4v) is 2.52. The van der Waals surface area contributed by atoms with Gasteiger partial charge in [-0.15, -0.1) is 0 Å². The zero-order chi connectivity index (χ0) is 19.2. The molecule has 2 aromatic rings. The molecule has 1 aliphatic heterocycles. The second-order valence-corrected chi connectivity index (χ2v) is 5.75. The molecule has 10 heteroatoms. The van der Waals surface area contributed by atoms with E-state index in [0.717, 1.165) is 12.1 Å². The Morgan fingerprint density at radius 1 is 0.846 bits per heavy atom. The van der Waals surface area contributed by atoms with Crippen LogP contribution < -0.4 is 5.06 Å². The quantitative estimate of drug-likeness (QED) is 0.641. The average Bonchev–Trinajstić information content (AvgIpc) is 2.98. The first kappa shape index (κ1) is 18.4. The van der Waals surface area contributed by atoms with E-state index in [1.54, 1.807) is 0 Å². The average molecular weight is 395 g/mol. The van der Waals surface area contributed by atoms with Crippen LogP contribution in [0.4, 0.5) is 32.0 Å². The third-order valence-corrected chi connectivity index (χ3v) is 3.86. The molecular formula is C16H9ClF6N2O. The number of hydroxylamine groups is 1. The molecule has 0 radical (unpaired) electrons. The van der Waals surface area contributed by atoms with Gasteiger partial charge in [-0.25, -0.2) is 0 Å². The first-order valence-corrected chi connectivity index (χ1v) is 7.46. The molecule has 0 spiro atoms. The van der Waals surface area contributed by atoms with E-state index in [2.05, 4.69) is 4.99 Å². The van der Waals surface area contributed by atoms with E-state index in [1.165, 1.54) is 42.5 Å². The second-order valence-electron chi connectivity index (χ2n) is 5.31. The highest BCUT2D eigenvalue weighted by Crippen LogP contribution is 2.52. The van der Waals surface area contributed by atoms with Gasteiger partial charge in [0.2, 0.25) is 0 Å². The maximum absolute atomic E-state index is 13.6. The van der Waals surface area contributed by atoms with Gasteiger partial charge >= 0.3 is 18.0 Å². The van der Waals surface area contributed by atoms with Gasteiger partial charge < -0.3 is 4.84 Å². The maximum Gasteiger partial charge on any atom is 0.445 e. The van der Waals surface area contributed by atoms with Crippen LogP contribution >= 0.6 is 11.6 Å². The molecule has 0 atom stereocenters. The van der Waals surface area contributed by atoms with E-state index in [1.807, 2.05) is 0 Å². The third-order valence-electron chi connectivity index (χ3n) is 3.61. The fraction of sp³-hybridized carbons (Fsp3) is 0.188. The SMILES string of the molecule is FC(F)(F)C1(C(F)(F)F)N=C(c2ccc(Cl)cc2)ON1c1ccccc1. The van der Waals surface area contributed by atoms with Crippen molar-refractivity contribution in [1.82, 2.24) is 0 Å². The van der Waals surface area contributed by atoms with Gasteiger partial charge in [0.15, 0.2) is 0 Å². The number of aliphatic imine (C=N–C) groups is 1. The van der Waals surface area contributed by atoms with Gasteiger partial charge in [-0.3, -0.25) is 0 Å². The highest BCUT2D eigenvalue weighted by atomic mass is 35.5.